The molecule has 0 spiro atoms. The number of ether oxygens (including phenoxy) is 7. The summed E-state index contributed by atoms with van der Waals surface area (Å²) < 4.78 is 35.8. The van der Waals surface area contributed by atoms with Crippen LogP contribution in [0.1, 0.15) is 40.2 Å². The van der Waals surface area contributed by atoms with E-state index in [0.29, 0.717) is 11.3 Å². The van der Waals surface area contributed by atoms with Gasteiger partial charge in [-0.05, 0) is 55.0 Å². The Morgan fingerprint density at radius 1 is 0.683 bits per heavy atom. The molecule has 0 heterocycles. The molecule has 0 aliphatic carbocycles. The van der Waals surface area contributed by atoms with E-state index in [9.17, 15) is 19.2 Å². The molecular weight excluding hydrogens is 538 g/mol. The minimum atomic E-state index is -1.11. The molecule has 2 N–H and O–H groups in total. The van der Waals surface area contributed by atoms with E-state index in [2.05, 4.69) is 0 Å². The van der Waals surface area contributed by atoms with Gasteiger partial charge in [0.1, 0.15) is 24.5 Å². The van der Waals surface area contributed by atoms with Gasteiger partial charge in [0, 0.05) is 0 Å². The summed E-state index contributed by atoms with van der Waals surface area (Å²) in [6.07, 6.45) is -3.74. The molecule has 12 nitrogen and oxygen atoms in total. The zero-order chi connectivity index (χ0) is 30.4. The van der Waals surface area contributed by atoms with E-state index in [0.717, 1.165) is 0 Å². The van der Waals surface area contributed by atoms with Gasteiger partial charge in [-0.2, -0.15) is 0 Å². The summed E-state index contributed by atoms with van der Waals surface area (Å²) in [6.45, 7) is 8.98. The van der Waals surface area contributed by atoms with Crippen LogP contribution in [0.25, 0.3) is 0 Å². The Balaban J connectivity index is 1.98. The first-order valence-electron chi connectivity index (χ1n) is 13.1. The first-order valence-corrected chi connectivity index (χ1v) is 13.1. The van der Waals surface area contributed by atoms with Crippen molar-refractivity contribution in [2.75, 3.05) is 19.8 Å². The van der Waals surface area contributed by atoms with Gasteiger partial charge in [-0.1, -0.05) is 52.0 Å². The summed E-state index contributed by atoms with van der Waals surface area (Å²) in [4.78, 5) is 48.6. The fraction of sp³-hybridized carbons (Fsp3) is 0.448. The number of rotatable bonds is 13. The van der Waals surface area contributed by atoms with Crippen LogP contribution in [-0.4, -0.2) is 56.4 Å². The number of carbonyl (C=O) groups is 4. The first-order chi connectivity index (χ1) is 19.4. The molecule has 0 bridgehead atoms. The fourth-order valence-electron chi connectivity index (χ4n) is 3.01. The molecule has 2 atom stereocenters. The van der Waals surface area contributed by atoms with Gasteiger partial charge in [0.15, 0.2) is 11.5 Å². The summed E-state index contributed by atoms with van der Waals surface area (Å²) in [5.74, 6) is -0.504. The van der Waals surface area contributed by atoms with Crippen molar-refractivity contribution in [1.82, 2.24) is 0 Å². The molecule has 0 amide bonds. The number of benzene rings is 2. The van der Waals surface area contributed by atoms with Crippen LogP contribution in [0.5, 0.6) is 17.2 Å². The lowest BCUT2D eigenvalue weighted by molar-refractivity contribution is -0.151. The van der Waals surface area contributed by atoms with Gasteiger partial charge in [-0.25, -0.2) is 14.4 Å². The predicted molar refractivity (Wildman–Crippen MR) is 146 cm³/mol. The van der Waals surface area contributed by atoms with Crippen molar-refractivity contribution >= 4 is 24.4 Å². The minimum Gasteiger partial charge on any atom is -0.458 e. The Morgan fingerprint density at radius 2 is 1.22 bits per heavy atom. The highest BCUT2D eigenvalue weighted by molar-refractivity contribution is 5.76. The van der Waals surface area contributed by atoms with Crippen molar-refractivity contribution in [3.63, 3.8) is 0 Å². The Morgan fingerprint density at radius 3 is 1.80 bits per heavy atom. The summed E-state index contributed by atoms with van der Waals surface area (Å²) in [6, 6.07) is 11.5. The normalized spacial score (nSPS) is 12.2. The summed E-state index contributed by atoms with van der Waals surface area (Å²) in [5.41, 5.74) is 6.50. The maximum absolute atomic E-state index is 12.5. The molecule has 224 valence electrons. The Hall–Kier alpha value is -4.32. The maximum Gasteiger partial charge on any atom is 0.513 e. The number of carbonyl (C=O) groups excluding carboxylic acids is 4. The van der Waals surface area contributed by atoms with Crippen LogP contribution in [0.3, 0.4) is 0 Å². The number of hydrogen-bond acceptors (Lipinski definition) is 12. The highest BCUT2D eigenvalue weighted by atomic mass is 16.7. The van der Waals surface area contributed by atoms with Gasteiger partial charge >= 0.3 is 24.4 Å². The van der Waals surface area contributed by atoms with Crippen LogP contribution in [0.4, 0.5) is 14.4 Å². The van der Waals surface area contributed by atoms with Crippen LogP contribution >= 0.6 is 0 Å². The van der Waals surface area contributed by atoms with Gasteiger partial charge in [0.2, 0.25) is 0 Å². The van der Waals surface area contributed by atoms with E-state index in [1.807, 2.05) is 27.7 Å². The topological polar surface area (TPSA) is 159 Å². The first kappa shape index (κ1) is 32.9. The molecular formula is C29H37NO11. The van der Waals surface area contributed by atoms with Crippen molar-refractivity contribution in [3.05, 3.63) is 54.1 Å². The smallest absolute Gasteiger partial charge is 0.458 e. The van der Waals surface area contributed by atoms with Crippen LogP contribution in [-0.2, 0) is 30.2 Å². The van der Waals surface area contributed by atoms with Gasteiger partial charge in [0.05, 0.1) is 13.2 Å². The van der Waals surface area contributed by atoms with E-state index in [1.165, 1.54) is 25.1 Å². The van der Waals surface area contributed by atoms with E-state index >= 15 is 0 Å². The quantitative estimate of drug-likeness (QED) is 0.193. The van der Waals surface area contributed by atoms with Gasteiger partial charge in [0.25, 0.3) is 0 Å². The van der Waals surface area contributed by atoms with Crippen LogP contribution in [0.2, 0.25) is 0 Å². The molecule has 0 aromatic heterocycles. The van der Waals surface area contributed by atoms with Gasteiger partial charge in [-0.3, -0.25) is 4.79 Å². The van der Waals surface area contributed by atoms with Crippen LogP contribution < -0.4 is 19.9 Å². The summed E-state index contributed by atoms with van der Waals surface area (Å²) in [7, 11) is 0. The zero-order valence-electron chi connectivity index (χ0n) is 23.8. The largest absolute Gasteiger partial charge is 0.513 e. The highest BCUT2D eigenvalue weighted by Gasteiger charge is 2.22. The summed E-state index contributed by atoms with van der Waals surface area (Å²) in [5, 5.41) is 0. The number of para-hydroxylation sites is 1. The second-order valence-electron chi connectivity index (χ2n) is 9.93. The minimum absolute atomic E-state index is 0.0159. The van der Waals surface area contributed by atoms with Crippen molar-refractivity contribution in [1.29, 1.82) is 0 Å². The molecule has 2 aromatic carbocycles. The highest BCUT2D eigenvalue weighted by Crippen LogP contribution is 2.30. The lowest BCUT2D eigenvalue weighted by Gasteiger charge is -2.17. The number of esters is 1. The standard InChI is InChI=1S/C29H37NO11/c1-18(2)15-35-28(33)40-24-12-11-21(14-25(24)41-29(34)36-16-19(3)4)13-23(30)26(31)38-20(5)17-37-27(32)39-22-9-7-6-8-10-22/h6-12,14,18-20,23H,13,15-17,30H2,1-5H3/t20-,23-/m0/s1. The second kappa shape index (κ2) is 16.7. The van der Waals surface area contributed by atoms with Crippen molar-refractivity contribution in [2.45, 2.75) is 53.2 Å². The summed E-state index contributed by atoms with van der Waals surface area (Å²) >= 11 is 0. The SMILES string of the molecule is CC(C)COC(=O)Oc1ccc(C[C@H](N)C(=O)O[C@@H](C)COC(=O)Oc2ccccc2)cc1OC(=O)OCC(C)C. The van der Waals surface area contributed by atoms with E-state index in [1.54, 1.807) is 30.3 Å². The Kier molecular flexibility index (Phi) is 13.4. The number of nitrogens with two attached hydrogens (primary N) is 1. The predicted octanol–water partition coefficient (Wildman–Crippen LogP) is 5.05. The molecule has 0 saturated heterocycles. The Bertz CT molecular complexity index is 1150. The van der Waals surface area contributed by atoms with Gasteiger partial charge < -0.3 is 38.9 Å². The molecule has 0 saturated carbocycles. The molecule has 0 aliphatic rings. The van der Waals surface area contributed by atoms with Gasteiger partial charge in [-0.15, -0.1) is 0 Å². The lowest BCUT2D eigenvalue weighted by Crippen LogP contribution is -2.37. The third-order valence-electron chi connectivity index (χ3n) is 4.92. The van der Waals surface area contributed by atoms with E-state index in [-0.39, 0.29) is 49.6 Å². The second-order valence-corrected chi connectivity index (χ2v) is 9.93. The molecule has 12 heteroatoms. The number of hydrogen-bond donors (Lipinski definition) is 1. The maximum atomic E-state index is 12.5. The fourth-order valence-corrected chi connectivity index (χ4v) is 3.01. The monoisotopic (exact) mass is 575 g/mol. The third kappa shape index (κ3) is 13.1. The lowest BCUT2D eigenvalue weighted by atomic mass is 10.1. The third-order valence-corrected chi connectivity index (χ3v) is 4.92. The molecule has 41 heavy (non-hydrogen) atoms. The molecule has 0 unspecified atom stereocenters. The molecule has 2 rings (SSSR count). The Labute approximate surface area is 238 Å². The average Bonchev–Trinajstić information content (AvgIpc) is 2.91. The molecule has 0 fully saturated rings. The van der Waals surface area contributed by atoms with Crippen molar-refractivity contribution in [2.24, 2.45) is 17.6 Å². The van der Waals surface area contributed by atoms with E-state index < -0.39 is 36.6 Å². The van der Waals surface area contributed by atoms with E-state index in [4.69, 9.17) is 38.9 Å². The molecule has 0 radical (unpaired) electrons. The van der Waals surface area contributed by atoms with Crippen LogP contribution in [0, 0.1) is 11.8 Å². The molecule has 0 aliphatic heterocycles. The van der Waals surface area contributed by atoms with Crippen LogP contribution in [0.15, 0.2) is 48.5 Å². The average molecular weight is 576 g/mol. The van der Waals surface area contributed by atoms with Crippen molar-refractivity contribution in [3.8, 4) is 17.2 Å². The molecule has 2 aromatic rings. The van der Waals surface area contributed by atoms with Crippen molar-refractivity contribution < 1.29 is 52.3 Å². The zero-order valence-corrected chi connectivity index (χ0v) is 23.8.